The van der Waals surface area contributed by atoms with E-state index in [0.29, 0.717) is 42.1 Å². The molecule has 3 aromatic rings. The second-order valence-corrected chi connectivity index (χ2v) is 8.98. The summed E-state index contributed by atoms with van der Waals surface area (Å²) in [5, 5.41) is 10.00. The Morgan fingerprint density at radius 2 is 1.88 bits per heavy atom. The predicted octanol–water partition coefficient (Wildman–Crippen LogP) is 3.87. The van der Waals surface area contributed by atoms with Gasteiger partial charge in [-0.1, -0.05) is 17.7 Å². The van der Waals surface area contributed by atoms with E-state index in [1.54, 1.807) is 12.1 Å². The molecular formula is C24H21ClF2N2O5. The summed E-state index contributed by atoms with van der Waals surface area (Å²) in [6.45, 7) is 1.40. The minimum Gasteiger partial charge on any atom is -0.470 e. The van der Waals surface area contributed by atoms with Gasteiger partial charge in [0.15, 0.2) is 12.0 Å². The second-order valence-electron chi connectivity index (χ2n) is 8.57. The number of aliphatic hydroxyl groups excluding tert-OH is 1. The van der Waals surface area contributed by atoms with Gasteiger partial charge < -0.3 is 29.0 Å². The molecule has 2 N–H and O–H groups in total. The smallest absolute Gasteiger partial charge is 0.193 e. The molecular weight excluding hydrogens is 470 g/mol. The molecule has 178 valence electrons. The fraction of sp³-hybridized carbons (Fsp3) is 0.375. The van der Waals surface area contributed by atoms with Gasteiger partial charge in [-0.3, -0.25) is 0 Å². The number of aliphatic hydroxyl groups is 1. The fourth-order valence-corrected chi connectivity index (χ4v) is 4.97. The van der Waals surface area contributed by atoms with Gasteiger partial charge in [0.25, 0.3) is 0 Å². The molecule has 6 rings (SSSR count). The first kappa shape index (κ1) is 21.9. The van der Waals surface area contributed by atoms with Crippen molar-refractivity contribution >= 4 is 28.2 Å². The summed E-state index contributed by atoms with van der Waals surface area (Å²) in [4.78, 5) is 7.49. The number of nitrogens with zero attached hydrogens (tertiary/aromatic N) is 1. The van der Waals surface area contributed by atoms with Crippen molar-refractivity contribution in [2.45, 2.75) is 30.8 Å². The number of hydrogen-bond donors (Lipinski definition) is 2. The maximum absolute atomic E-state index is 15.1. The number of aromatic amines is 1. The molecule has 2 saturated heterocycles. The van der Waals surface area contributed by atoms with E-state index < -0.39 is 29.9 Å². The minimum absolute atomic E-state index is 0.00809. The highest BCUT2D eigenvalue weighted by atomic mass is 35.5. The molecule has 2 fully saturated rings. The maximum atomic E-state index is 15.1. The number of aromatic nitrogens is 2. The molecule has 0 saturated carbocycles. The Balaban J connectivity index is 1.31. The Hall–Kier alpha value is -2.56. The van der Waals surface area contributed by atoms with E-state index in [4.69, 9.17) is 30.5 Å². The fourth-order valence-electron chi connectivity index (χ4n) is 4.73. The van der Waals surface area contributed by atoms with Gasteiger partial charge in [-0.2, -0.15) is 0 Å². The first-order chi connectivity index (χ1) is 16.5. The average Bonchev–Trinajstić information content (AvgIpc) is 3.51. The molecule has 0 aliphatic carbocycles. The van der Waals surface area contributed by atoms with Crippen LogP contribution in [0.1, 0.15) is 12.0 Å². The monoisotopic (exact) mass is 490 g/mol. The average molecular weight is 491 g/mol. The second kappa shape index (κ2) is 8.58. The number of ether oxygens (including phenoxy) is 4. The molecule has 4 atom stereocenters. The number of H-pyrrole nitrogens is 1. The van der Waals surface area contributed by atoms with E-state index in [2.05, 4.69) is 9.97 Å². The van der Waals surface area contributed by atoms with Crippen LogP contribution in [0.2, 0.25) is 5.02 Å². The summed E-state index contributed by atoms with van der Waals surface area (Å²) in [6.07, 6.45) is 0.536. The van der Waals surface area contributed by atoms with E-state index in [1.807, 2.05) is 6.08 Å². The quantitative estimate of drug-likeness (QED) is 0.577. The Morgan fingerprint density at radius 3 is 2.65 bits per heavy atom. The molecule has 10 heteroatoms. The summed E-state index contributed by atoms with van der Waals surface area (Å²) < 4.78 is 52.6. The molecule has 2 aromatic heterocycles. The summed E-state index contributed by atoms with van der Waals surface area (Å²) in [7, 11) is 0. The van der Waals surface area contributed by atoms with Crippen molar-refractivity contribution in [3.63, 3.8) is 0 Å². The van der Waals surface area contributed by atoms with E-state index in [0.717, 1.165) is 5.57 Å². The van der Waals surface area contributed by atoms with Gasteiger partial charge >= 0.3 is 0 Å². The summed E-state index contributed by atoms with van der Waals surface area (Å²) in [5.74, 6) is -1.10. The first-order valence-corrected chi connectivity index (χ1v) is 11.4. The molecule has 0 spiro atoms. The Morgan fingerprint density at radius 1 is 1.09 bits per heavy atom. The van der Waals surface area contributed by atoms with Crippen LogP contribution in [0.5, 0.6) is 5.88 Å². The van der Waals surface area contributed by atoms with Crippen molar-refractivity contribution in [1.82, 2.24) is 9.97 Å². The van der Waals surface area contributed by atoms with Crippen molar-refractivity contribution in [1.29, 1.82) is 0 Å². The standard InChI is InChI=1S/C24H21ClF2N2O5/c25-13-7-16-17(8-20(28-16)34-19-10-33-23-18(30)9-32-24(19)23)29-22(13)21-14(26)5-12(6-15(21)27)11-1-3-31-4-2-11/h1,5-8,18-19,23-24,28,30H,2-4,9-10H2/t18?,19?,23-,24-/m1/s1. The van der Waals surface area contributed by atoms with Crippen LogP contribution in [0.3, 0.4) is 0 Å². The van der Waals surface area contributed by atoms with Gasteiger partial charge in [0.1, 0.15) is 29.9 Å². The van der Waals surface area contributed by atoms with Gasteiger partial charge in [-0.25, -0.2) is 13.8 Å². The van der Waals surface area contributed by atoms with E-state index in [1.165, 1.54) is 12.1 Å². The number of halogens is 3. The molecule has 3 aliphatic rings. The zero-order valence-electron chi connectivity index (χ0n) is 17.9. The van der Waals surface area contributed by atoms with Crippen LogP contribution in [0.15, 0.2) is 30.3 Å². The van der Waals surface area contributed by atoms with Gasteiger partial charge in [-0.05, 0) is 35.8 Å². The van der Waals surface area contributed by atoms with Crippen molar-refractivity contribution in [2.75, 3.05) is 26.4 Å². The minimum atomic E-state index is -0.741. The topological polar surface area (TPSA) is 85.8 Å². The van der Waals surface area contributed by atoms with Gasteiger partial charge in [-0.15, -0.1) is 0 Å². The van der Waals surface area contributed by atoms with Gasteiger partial charge in [0.05, 0.1) is 53.7 Å². The molecule has 3 aliphatic heterocycles. The number of benzene rings is 1. The first-order valence-electron chi connectivity index (χ1n) is 11.0. The zero-order chi connectivity index (χ0) is 23.4. The number of rotatable bonds is 4. The molecule has 2 unspecified atom stereocenters. The highest BCUT2D eigenvalue weighted by Crippen LogP contribution is 2.36. The van der Waals surface area contributed by atoms with Crippen molar-refractivity contribution in [3.8, 4) is 17.1 Å². The predicted molar refractivity (Wildman–Crippen MR) is 120 cm³/mol. The van der Waals surface area contributed by atoms with Crippen LogP contribution in [-0.4, -0.2) is 65.9 Å². The normalized spacial score (nSPS) is 26.6. The largest absolute Gasteiger partial charge is 0.470 e. The number of nitrogens with one attached hydrogen (secondary N) is 1. The van der Waals surface area contributed by atoms with Gasteiger partial charge in [0.2, 0.25) is 0 Å². The number of hydrogen-bond acceptors (Lipinski definition) is 6. The highest BCUT2D eigenvalue weighted by Gasteiger charge is 2.48. The molecule has 5 heterocycles. The van der Waals surface area contributed by atoms with Crippen LogP contribution in [0.4, 0.5) is 8.78 Å². The van der Waals surface area contributed by atoms with E-state index >= 15 is 8.78 Å². The lowest BCUT2D eigenvalue weighted by atomic mass is 9.98. The molecule has 0 bridgehead atoms. The lowest BCUT2D eigenvalue weighted by Crippen LogP contribution is -2.34. The number of pyridine rings is 1. The zero-order valence-corrected chi connectivity index (χ0v) is 18.6. The highest BCUT2D eigenvalue weighted by molar-refractivity contribution is 6.33. The van der Waals surface area contributed by atoms with E-state index in [-0.39, 0.29) is 35.6 Å². The molecule has 0 amide bonds. The van der Waals surface area contributed by atoms with Crippen molar-refractivity contribution in [3.05, 3.63) is 52.6 Å². The Labute approximate surface area is 198 Å². The molecule has 34 heavy (non-hydrogen) atoms. The third kappa shape index (κ3) is 3.77. The summed E-state index contributed by atoms with van der Waals surface area (Å²) >= 11 is 6.39. The van der Waals surface area contributed by atoms with Gasteiger partial charge in [0, 0.05) is 6.07 Å². The van der Waals surface area contributed by atoms with Crippen molar-refractivity contribution < 1.29 is 32.8 Å². The molecule has 1 aromatic carbocycles. The SMILES string of the molecule is OC1CO[C@@H]2C(Oc3cc4nc(-c5c(F)cc(C6=CCOCC6)cc5F)c(Cl)cc4[nH]3)CO[C@H]12. The van der Waals surface area contributed by atoms with Crippen LogP contribution >= 0.6 is 11.6 Å². The third-order valence-corrected chi connectivity index (χ3v) is 6.69. The van der Waals surface area contributed by atoms with E-state index in [9.17, 15) is 5.11 Å². The van der Waals surface area contributed by atoms with Crippen LogP contribution in [0, 0.1) is 11.6 Å². The maximum Gasteiger partial charge on any atom is 0.193 e. The Bertz CT molecular complexity index is 1270. The van der Waals surface area contributed by atoms with Crippen LogP contribution in [0.25, 0.3) is 27.9 Å². The lowest BCUT2D eigenvalue weighted by molar-refractivity contribution is 0.00794. The van der Waals surface area contributed by atoms with Crippen molar-refractivity contribution in [2.24, 2.45) is 0 Å². The lowest BCUT2D eigenvalue weighted by Gasteiger charge is -2.16. The summed E-state index contributed by atoms with van der Waals surface area (Å²) in [6, 6.07) is 5.79. The molecule has 7 nitrogen and oxygen atoms in total. The van der Waals surface area contributed by atoms with Crippen LogP contribution in [-0.2, 0) is 14.2 Å². The Kier molecular flexibility index (Phi) is 5.54. The number of fused-ring (bicyclic) bond motifs is 2. The van der Waals surface area contributed by atoms with Crippen LogP contribution < -0.4 is 4.74 Å². The molecule has 0 radical (unpaired) electrons. The summed E-state index contributed by atoms with van der Waals surface area (Å²) in [5.41, 5.74) is 2.03. The third-order valence-electron chi connectivity index (χ3n) is 6.40.